The zero-order chi connectivity index (χ0) is 26.2. The predicted molar refractivity (Wildman–Crippen MR) is 166 cm³/mol. The summed E-state index contributed by atoms with van der Waals surface area (Å²) in [7, 11) is 0. The summed E-state index contributed by atoms with van der Waals surface area (Å²) >= 11 is 5.61. The molecule has 0 amide bonds. The SMILES string of the molecule is CCN1C(=CC2=CC(=Cc3cc[n+](CC)c4ccccc34)CC(C)(C)C2)Sc2cc(SC)c(SC)cc21. The second-order valence-electron chi connectivity index (χ2n) is 10.5. The first-order chi connectivity index (χ1) is 17.9. The molecule has 0 saturated carbocycles. The van der Waals surface area contributed by atoms with Crippen LogP contribution in [0.3, 0.4) is 0 Å². The molecule has 2 nitrogen and oxygen atoms in total. The third kappa shape index (κ3) is 5.41. The van der Waals surface area contributed by atoms with E-state index in [9.17, 15) is 0 Å². The molecule has 2 aliphatic rings. The fourth-order valence-electron chi connectivity index (χ4n) is 5.62. The van der Waals surface area contributed by atoms with Crippen molar-refractivity contribution in [1.82, 2.24) is 0 Å². The molecule has 0 fully saturated rings. The molecule has 0 radical (unpaired) electrons. The van der Waals surface area contributed by atoms with E-state index in [1.54, 1.807) is 0 Å². The Labute approximate surface area is 235 Å². The Balaban J connectivity index is 1.54. The maximum Gasteiger partial charge on any atom is 0.213 e. The van der Waals surface area contributed by atoms with Crippen molar-refractivity contribution in [2.24, 2.45) is 5.41 Å². The van der Waals surface area contributed by atoms with Crippen molar-refractivity contribution in [3.05, 3.63) is 82.6 Å². The molecule has 0 atom stereocenters. The number of allylic oxidation sites excluding steroid dienone is 4. The molecule has 0 unspecified atom stereocenters. The Morgan fingerprint density at radius 1 is 1.00 bits per heavy atom. The number of aromatic nitrogens is 1. The lowest BCUT2D eigenvalue weighted by Gasteiger charge is -2.31. The summed E-state index contributed by atoms with van der Waals surface area (Å²) < 4.78 is 2.33. The summed E-state index contributed by atoms with van der Waals surface area (Å²) in [5.41, 5.74) is 7.03. The summed E-state index contributed by atoms with van der Waals surface area (Å²) in [4.78, 5) is 6.61. The molecule has 0 spiro atoms. The fourth-order valence-corrected chi connectivity index (χ4v) is 8.41. The quantitative estimate of drug-likeness (QED) is 0.225. The lowest BCUT2D eigenvalue weighted by atomic mass is 9.75. The van der Waals surface area contributed by atoms with E-state index in [4.69, 9.17) is 0 Å². The molecule has 0 bridgehead atoms. The highest BCUT2D eigenvalue weighted by Crippen LogP contribution is 2.50. The fraction of sp³-hybridized carbons (Fsp3) is 0.344. The van der Waals surface area contributed by atoms with E-state index in [-0.39, 0.29) is 5.41 Å². The molecule has 0 saturated heterocycles. The first kappa shape index (κ1) is 26.5. The number of aryl methyl sites for hydroxylation is 1. The first-order valence-corrected chi connectivity index (χ1v) is 16.4. The Bertz CT molecular complexity index is 1430. The summed E-state index contributed by atoms with van der Waals surface area (Å²) in [6.45, 7) is 11.2. The van der Waals surface area contributed by atoms with E-state index >= 15 is 0 Å². The third-order valence-electron chi connectivity index (χ3n) is 7.24. The zero-order valence-corrected chi connectivity index (χ0v) is 25.2. The Kier molecular flexibility index (Phi) is 7.86. The van der Waals surface area contributed by atoms with Gasteiger partial charge in [-0.2, -0.15) is 4.57 Å². The van der Waals surface area contributed by atoms with Crippen LogP contribution in [0.4, 0.5) is 5.69 Å². The second kappa shape index (κ2) is 11.0. The largest absolute Gasteiger partial charge is 0.335 e. The van der Waals surface area contributed by atoms with E-state index in [1.165, 1.54) is 53.0 Å². The number of thioether (sulfide) groups is 3. The molecule has 1 aliphatic carbocycles. The van der Waals surface area contributed by atoms with Crippen LogP contribution in [-0.2, 0) is 6.54 Å². The Hall–Kier alpha value is -2.08. The maximum absolute atomic E-state index is 2.49. The number of rotatable bonds is 6. The van der Waals surface area contributed by atoms with Gasteiger partial charge in [-0.15, -0.1) is 23.5 Å². The molecule has 5 rings (SSSR count). The Morgan fingerprint density at radius 2 is 1.76 bits per heavy atom. The van der Waals surface area contributed by atoms with Crippen molar-refractivity contribution in [2.45, 2.75) is 61.8 Å². The van der Waals surface area contributed by atoms with Crippen LogP contribution in [0.1, 0.15) is 46.1 Å². The lowest BCUT2D eigenvalue weighted by molar-refractivity contribution is -0.667. The van der Waals surface area contributed by atoms with Gasteiger partial charge < -0.3 is 4.90 Å². The molecule has 2 heterocycles. The van der Waals surface area contributed by atoms with Gasteiger partial charge in [-0.05, 0) is 85.6 Å². The minimum Gasteiger partial charge on any atom is -0.335 e. The summed E-state index contributed by atoms with van der Waals surface area (Å²) in [5.74, 6) is 0. The van der Waals surface area contributed by atoms with E-state index in [2.05, 4.69) is 117 Å². The van der Waals surface area contributed by atoms with Crippen LogP contribution in [0.5, 0.6) is 0 Å². The highest BCUT2D eigenvalue weighted by atomic mass is 32.2. The summed E-state index contributed by atoms with van der Waals surface area (Å²) in [5, 5.41) is 2.67. The number of pyridine rings is 1. The standard InChI is InChI=1S/C32H37N2S3/c1-7-33-14-13-24(25-11-9-10-12-26(25)33)16-22-15-23(21-32(3,4)20-22)17-31-34(8-2)27-18-29(35-5)30(36-6)19-28(27)37-31/h9-19H,7-8,20-21H2,1-6H3/q+1. The third-order valence-corrected chi connectivity index (χ3v) is 10.0. The van der Waals surface area contributed by atoms with E-state index < -0.39 is 0 Å². The maximum atomic E-state index is 2.49. The second-order valence-corrected chi connectivity index (χ2v) is 13.3. The van der Waals surface area contributed by atoms with Crippen molar-refractivity contribution >= 4 is 58.0 Å². The number of para-hydroxylation sites is 1. The predicted octanol–water partition coefficient (Wildman–Crippen LogP) is 9.19. The van der Waals surface area contributed by atoms with Gasteiger partial charge in [-0.1, -0.05) is 49.9 Å². The molecule has 0 N–H and O–H groups in total. The number of nitrogens with zero attached hydrogens (tertiary/aromatic N) is 2. The van der Waals surface area contributed by atoms with Gasteiger partial charge in [0.05, 0.1) is 16.1 Å². The molecule has 192 valence electrons. The molecule has 5 heteroatoms. The van der Waals surface area contributed by atoms with E-state index in [0.717, 1.165) is 25.9 Å². The molecule has 1 aliphatic heterocycles. The Morgan fingerprint density at radius 3 is 2.49 bits per heavy atom. The molecular weight excluding hydrogens is 509 g/mol. The summed E-state index contributed by atoms with van der Waals surface area (Å²) in [6.07, 6.45) is 16.1. The van der Waals surface area contributed by atoms with Crippen molar-refractivity contribution in [2.75, 3.05) is 24.0 Å². The molecule has 37 heavy (non-hydrogen) atoms. The highest BCUT2D eigenvalue weighted by molar-refractivity contribution is 8.04. The number of fused-ring (bicyclic) bond motifs is 2. The van der Waals surface area contributed by atoms with Crippen LogP contribution in [0.15, 0.2) is 91.7 Å². The number of benzene rings is 2. The number of hydrogen-bond donors (Lipinski definition) is 0. The van der Waals surface area contributed by atoms with E-state index in [1.807, 2.05) is 35.3 Å². The van der Waals surface area contributed by atoms with Crippen molar-refractivity contribution in [3.8, 4) is 0 Å². The molecule has 1 aromatic heterocycles. The molecule has 3 aromatic rings. The van der Waals surface area contributed by atoms with Crippen LogP contribution in [0, 0.1) is 5.41 Å². The van der Waals surface area contributed by atoms with Crippen molar-refractivity contribution < 1.29 is 4.57 Å². The minimum atomic E-state index is 0.228. The van der Waals surface area contributed by atoms with Crippen LogP contribution >= 0.6 is 35.3 Å². The highest BCUT2D eigenvalue weighted by Gasteiger charge is 2.29. The van der Waals surface area contributed by atoms with E-state index in [0.29, 0.717) is 0 Å². The summed E-state index contributed by atoms with van der Waals surface area (Å²) in [6, 6.07) is 15.8. The number of hydrogen-bond acceptors (Lipinski definition) is 4. The topological polar surface area (TPSA) is 7.12 Å². The smallest absolute Gasteiger partial charge is 0.213 e. The van der Waals surface area contributed by atoms with Gasteiger partial charge >= 0.3 is 0 Å². The van der Waals surface area contributed by atoms with Crippen molar-refractivity contribution in [1.29, 1.82) is 0 Å². The van der Waals surface area contributed by atoms with Gasteiger partial charge in [0, 0.05) is 33.4 Å². The molecular formula is C32H37N2S3+. The van der Waals surface area contributed by atoms with Crippen molar-refractivity contribution in [3.63, 3.8) is 0 Å². The minimum absolute atomic E-state index is 0.228. The monoisotopic (exact) mass is 545 g/mol. The van der Waals surface area contributed by atoms with Gasteiger partial charge in [0.1, 0.15) is 6.54 Å². The van der Waals surface area contributed by atoms with Gasteiger partial charge in [0.2, 0.25) is 5.52 Å². The normalized spacial score (nSPS) is 19.1. The van der Waals surface area contributed by atoms with Gasteiger partial charge in [0.25, 0.3) is 0 Å². The average Bonchev–Trinajstić information content (AvgIpc) is 3.22. The van der Waals surface area contributed by atoms with Crippen LogP contribution in [-0.4, -0.2) is 19.1 Å². The van der Waals surface area contributed by atoms with Gasteiger partial charge in [-0.25, -0.2) is 0 Å². The average molecular weight is 546 g/mol. The number of anilines is 1. The van der Waals surface area contributed by atoms with Gasteiger partial charge in [-0.3, -0.25) is 0 Å². The first-order valence-electron chi connectivity index (χ1n) is 13.1. The lowest BCUT2D eigenvalue weighted by Crippen LogP contribution is -2.32. The van der Waals surface area contributed by atoms with Gasteiger partial charge in [0.15, 0.2) is 6.20 Å². The van der Waals surface area contributed by atoms with Crippen LogP contribution < -0.4 is 9.47 Å². The van der Waals surface area contributed by atoms with Crippen LogP contribution in [0.2, 0.25) is 0 Å². The zero-order valence-electron chi connectivity index (χ0n) is 22.8. The van der Waals surface area contributed by atoms with Crippen LogP contribution in [0.25, 0.3) is 17.0 Å². The molecule has 2 aromatic carbocycles.